The van der Waals surface area contributed by atoms with Crippen LogP contribution in [0.15, 0.2) is 89.6 Å². The summed E-state index contributed by atoms with van der Waals surface area (Å²) < 4.78 is 5.11. The molecule has 8 heteroatoms. The molecule has 1 aliphatic rings. The van der Waals surface area contributed by atoms with Crippen molar-refractivity contribution < 1.29 is 19.1 Å². The topological polar surface area (TPSA) is 87.7 Å². The van der Waals surface area contributed by atoms with Gasteiger partial charge in [-0.1, -0.05) is 48.0 Å². The van der Waals surface area contributed by atoms with Crippen molar-refractivity contribution in [3.05, 3.63) is 101 Å². The molecule has 166 valence electrons. The van der Waals surface area contributed by atoms with Gasteiger partial charge in [-0.2, -0.15) is 0 Å². The minimum absolute atomic E-state index is 0.0562. The summed E-state index contributed by atoms with van der Waals surface area (Å²) in [5.41, 5.74) is 2.14. The molecule has 0 fully saturated rings. The molecule has 3 amide bonds. The average Bonchev–Trinajstić information content (AvgIpc) is 3.06. The van der Waals surface area contributed by atoms with Gasteiger partial charge in [0.1, 0.15) is 16.5 Å². The van der Waals surface area contributed by atoms with Gasteiger partial charge in [-0.15, -0.1) is 0 Å². The van der Waals surface area contributed by atoms with Crippen LogP contribution >= 0.6 is 11.6 Å². The van der Waals surface area contributed by atoms with Gasteiger partial charge in [-0.3, -0.25) is 14.4 Å². The van der Waals surface area contributed by atoms with Gasteiger partial charge in [-0.25, -0.2) is 4.90 Å². The first-order chi connectivity index (χ1) is 16.0. The first-order valence-electron chi connectivity index (χ1n) is 10.1. The van der Waals surface area contributed by atoms with Gasteiger partial charge in [0.05, 0.1) is 12.8 Å². The number of anilines is 2. The fourth-order valence-corrected chi connectivity index (χ4v) is 3.55. The van der Waals surface area contributed by atoms with Gasteiger partial charge < -0.3 is 15.4 Å². The predicted octanol–water partition coefficient (Wildman–Crippen LogP) is 4.06. The summed E-state index contributed by atoms with van der Waals surface area (Å²) in [7, 11) is 1.53. The lowest BCUT2D eigenvalue weighted by Gasteiger charge is -2.15. The van der Waals surface area contributed by atoms with Crippen LogP contribution in [0.5, 0.6) is 5.75 Å². The normalized spacial score (nSPS) is 13.3. The van der Waals surface area contributed by atoms with Crippen molar-refractivity contribution in [2.45, 2.75) is 6.54 Å². The predicted molar refractivity (Wildman–Crippen MR) is 126 cm³/mol. The van der Waals surface area contributed by atoms with Crippen molar-refractivity contribution in [2.24, 2.45) is 0 Å². The van der Waals surface area contributed by atoms with Crippen LogP contribution in [0, 0.1) is 0 Å². The maximum absolute atomic E-state index is 13.0. The molecule has 0 radical (unpaired) electrons. The summed E-state index contributed by atoms with van der Waals surface area (Å²) in [5, 5.41) is 5.52. The highest BCUT2D eigenvalue weighted by molar-refractivity contribution is 6.53. The minimum atomic E-state index is -0.633. The number of carbonyl (C=O) groups is 3. The van der Waals surface area contributed by atoms with Gasteiger partial charge >= 0.3 is 0 Å². The van der Waals surface area contributed by atoms with Crippen LogP contribution in [0.2, 0.25) is 0 Å². The monoisotopic (exact) mass is 461 g/mol. The first-order valence-corrected chi connectivity index (χ1v) is 10.5. The molecule has 0 saturated heterocycles. The average molecular weight is 462 g/mol. The molecule has 1 heterocycles. The number of benzene rings is 3. The summed E-state index contributed by atoms with van der Waals surface area (Å²) in [6.07, 6.45) is 0. The molecule has 33 heavy (non-hydrogen) atoms. The molecule has 0 unspecified atom stereocenters. The van der Waals surface area contributed by atoms with E-state index in [1.807, 2.05) is 30.3 Å². The Balaban J connectivity index is 1.48. The van der Waals surface area contributed by atoms with Gasteiger partial charge in [0.25, 0.3) is 17.7 Å². The maximum Gasteiger partial charge on any atom is 0.283 e. The summed E-state index contributed by atoms with van der Waals surface area (Å²) in [4.78, 5) is 39.1. The van der Waals surface area contributed by atoms with Crippen LogP contribution in [-0.2, 0) is 16.1 Å². The third-order valence-electron chi connectivity index (χ3n) is 5.05. The Bertz CT molecular complexity index is 1240. The third kappa shape index (κ3) is 4.73. The zero-order valence-electron chi connectivity index (χ0n) is 17.7. The Morgan fingerprint density at radius 3 is 2.36 bits per heavy atom. The van der Waals surface area contributed by atoms with Crippen LogP contribution < -0.4 is 20.3 Å². The van der Waals surface area contributed by atoms with E-state index in [0.29, 0.717) is 29.2 Å². The minimum Gasteiger partial charge on any atom is -0.497 e. The molecule has 1 aliphatic heterocycles. The van der Waals surface area contributed by atoms with Crippen LogP contribution in [0.1, 0.15) is 15.9 Å². The molecule has 0 aromatic heterocycles. The third-order valence-corrected chi connectivity index (χ3v) is 5.40. The van der Waals surface area contributed by atoms with Crippen molar-refractivity contribution in [3.8, 4) is 5.75 Å². The number of halogens is 1. The quantitative estimate of drug-likeness (QED) is 0.518. The van der Waals surface area contributed by atoms with E-state index in [9.17, 15) is 14.4 Å². The Hall–Kier alpha value is -4.10. The van der Waals surface area contributed by atoms with Crippen LogP contribution in [0.3, 0.4) is 0 Å². The van der Waals surface area contributed by atoms with Crippen LogP contribution in [-0.4, -0.2) is 24.8 Å². The lowest BCUT2D eigenvalue weighted by atomic mass is 10.1. The second-order valence-corrected chi connectivity index (χ2v) is 7.58. The number of amides is 3. The van der Waals surface area contributed by atoms with Gasteiger partial charge in [0.2, 0.25) is 0 Å². The summed E-state index contributed by atoms with van der Waals surface area (Å²) >= 11 is 6.20. The lowest BCUT2D eigenvalue weighted by Crippen LogP contribution is -2.32. The molecule has 3 aromatic carbocycles. The molecule has 0 atom stereocenters. The Labute approximate surface area is 195 Å². The number of hydrogen-bond donors (Lipinski definition) is 2. The molecule has 2 N–H and O–H groups in total. The second-order valence-electron chi connectivity index (χ2n) is 7.21. The van der Waals surface area contributed by atoms with Crippen molar-refractivity contribution in [2.75, 3.05) is 17.3 Å². The van der Waals surface area contributed by atoms with E-state index in [4.69, 9.17) is 16.3 Å². The second kappa shape index (κ2) is 9.58. The maximum atomic E-state index is 13.0. The van der Waals surface area contributed by atoms with Crippen molar-refractivity contribution in [1.29, 1.82) is 0 Å². The lowest BCUT2D eigenvalue weighted by molar-refractivity contribution is -0.120. The fraction of sp³-hybridized carbons (Fsp3) is 0.0800. The van der Waals surface area contributed by atoms with Gasteiger partial charge in [-0.05, 0) is 48.0 Å². The van der Waals surface area contributed by atoms with Crippen molar-refractivity contribution in [3.63, 3.8) is 0 Å². The van der Waals surface area contributed by atoms with E-state index in [1.165, 1.54) is 7.11 Å². The molecular weight excluding hydrogens is 442 g/mol. The van der Waals surface area contributed by atoms with Gasteiger partial charge in [0, 0.05) is 17.8 Å². The molecule has 4 rings (SSSR count). The molecule has 0 spiro atoms. The number of hydrogen-bond acceptors (Lipinski definition) is 5. The zero-order chi connectivity index (χ0) is 23.4. The zero-order valence-corrected chi connectivity index (χ0v) is 18.4. The summed E-state index contributed by atoms with van der Waals surface area (Å²) in [6, 6.07) is 22.6. The standard InChI is InChI=1S/C25H20ClN3O4/c1-33-20-12-10-19(11-13-20)29-24(31)21(26)22(25(29)32)28-18-9-5-8-17(14-18)23(30)27-15-16-6-3-2-4-7-16/h2-14,28H,15H2,1H3,(H,27,30). The molecule has 0 saturated carbocycles. The van der Waals surface area contributed by atoms with E-state index in [1.54, 1.807) is 48.5 Å². The highest BCUT2D eigenvalue weighted by Crippen LogP contribution is 2.31. The van der Waals surface area contributed by atoms with E-state index in [-0.39, 0.29) is 16.6 Å². The summed E-state index contributed by atoms with van der Waals surface area (Å²) in [6.45, 7) is 0.387. The SMILES string of the molecule is COc1ccc(N2C(=O)C(Cl)=C(Nc3cccc(C(=O)NCc4ccccc4)c3)C2=O)cc1. The molecular formula is C25H20ClN3O4. The van der Waals surface area contributed by atoms with Crippen LogP contribution in [0.25, 0.3) is 0 Å². The number of rotatable bonds is 7. The molecule has 0 aliphatic carbocycles. The van der Waals surface area contributed by atoms with Crippen LogP contribution in [0.4, 0.5) is 11.4 Å². The molecule has 3 aromatic rings. The number of carbonyl (C=O) groups excluding carboxylic acids is 3. The van der Waals surface area contributed by atoms with E-state index in [2.05, 4.69) is 10.6 Å². The first kappa shape index (κ1) is 22.1. The Morgan fingerprint density at radius 1 is 0.939 bits per heavy atom. The van der Waals surface area contributed by atoms with Gasteiger partial charge in [0.15, 0.2) is 0 Å². The molecule has 7 nitrogen and oxygen atoms in total. The largest absolute Gasteiger partial charge is 0.497 e. The van der Waals surface area contributed by atoms with E-state index >= 15 is 0 Å². The molecule has 0 bridgehead atoms. The number of imide groups is 1. The Morgan fingerprint density at radius 2 is 1.67 bits per heavy atom. The highest BCUT2D eigenvalue weighted by atomic mass is 35.5. The highest BCUT2D eigenvalue weighted by Gasteiger charge is 2.39. The van der Waals surface area contributed by atoms with Crippen molar-refractivity contribution >= 4 is 40.7 Å². The number of methoxy groups -OCH3 is 1. The Kier molecular flexibility index (Phi) is 6.42. The van der Waals surface area contributed by atoms with E-state index < -0.39 is 11.8 Å². The fourth-order valence-electron chi connectivity index (χ4n) is 3.34. The number of ether oxygens (including phenoxy) is 1. The number of nitrogens with one attached hydrogen (secondary N) is 2. The smallest absolute Gasteiger partial charge is 0.283 e. The summed E-state index contributed by atoms with van der Waals surface area (Å²) in [5.74, 6) is -0.894. The van der Waals surface area contributed by atoms with Crippen molar-refractivity contribution in [1.82, 2.24) is 5.32 Å². The van der Waals surface area contributed by atoms with E-state index in [0.717, 1.165) is 10.5 Å². The number of nitrogens with zero attached hydrogens (tertiary/aromatic N) is 1.